The second kappa shape index (κ2) is 8.66. The standard InChI is InChI=1S/C22H15ClN2S4/c23-16-9-10-20-18(11-16)25-22(29-20)27-13-15-6-2-1-5-14(15)12-26-21-24-17-7-3-4-8-19(17)28-21/h1-11H,12-13H2. The summed E-state index contributed by atoms with van der Waals surface area (Å²) >= 11 is 13.2. The van der Waals surface area contributed by atoms with Crippen molar-refractivity contribution in [2.75, 3.05) is 0 Å². The van der Waals surface area contributed by atoms with Crippen molar-refractivity contribution in [3.8, 4) is 0 Å². The second-order valence-electron chi connectivity index (χ2n) is 6.39. The number of benzene rings is 3. The highest BCUT2D eigenvalue weighted by molar-refractivity contribution is 8.00. The lowest BCUT2D eigenvalue weighted by Gasteiger charge is -2.07. The molecule has 0 unspecified atom stereocenters. The minimum absolute atomic E-state index is 0.733. The molecule has 5 rings (SSSR count). The van der Waals surface area contributed by atoms with Crippen molar-refractivity contribution < 1.29 is 0 Å². The molecule has 0 radical (unpaired) electrons. The third kappa shape index (κ3) is 4.47. The van der Waals surface area contributed by atoms with Crippen LogP contribution in [0, 0.1) is 0 Å². The highest BCUT2D eigenvalue weighted by Crippen LogP contribution is 2.35. The van der Waals surface area contributed by atoms with Gasteiger partial charge in [-0.15, -0.1) is 22.7 Å². The first kappa shape index (κ1) is 19.4. The van der Waals surface area contributed by atoms with E-state index in [4.69, 9.17) is 21.6 Å². The maximum atomic E-state index is 6.08. The molecule has 2 heterocycles. The van der Waals surface area contributed by atoms with Crippen LogP contribution in [0.3, 0.4) is 0 Å². The van der Waals surface area contributed by atoms with Gasteiger partial charge in [-0.1, -0.05) is 71.5 Å². The summed E-state index contributed by atoms with van der Waals surface area (Å²) in [6.45, 7) is 0. The summed E-state index contributed by atoms with van der Waals surface area (Å²) in [6, 6.07) is 22.9. The molecule has 7 heteroatoms. The van der Waals surface area contributed by atoms with Gasteiger partial charge in [-0.3, -0.25) is 0 Å². The first-order chi connectivity index (χ1) is 14.2. The van der Waals surface area contributed by atoms with Gasteiger partial charge in [0.15, 0.2) is 8.68 Å². The topological polar surface area (TPSA) is 25.8 Å². The van der Waals surface area contributed by atoms with Gasteiger partial charge in [0.05, 0.1) is 20.4 Å². The van der Waals surface area contributed by atoms with Crippen molar-refractivity contribution in [3.63, 3.8) is 0 Å². The maximum absolute atomic E-state index is 6.08. The number of thiazole rings is 2. The van der Waals surface area contributed by atoms with E-state index in [0.717, 1.165) is 36.2 Å². The molecule has 0 aliphatic rings. The third-order valence-corrected chi connectivity index (χ3v) is 9.12. The summed E-state index contributed by atoms with van der Waals surface area (Å²) < 4.78 is 4.62. The average Bonchev–Trinajstić information content (AvgIpc) is 3.34. The lowest BCUT2D eigenvalue weighted by molar-refractivity contribution is 1.24. The van der Waals surface area contributed by atoms with Crippen LogP contribution in [0.15, 0.2) is 75.4 Å². The van der Waals surface area contributed by atoms with Crippen molar-refractivity contribution in [3.05, 3.63) is 82.9 Å². The molecule has 144 valence electrons. The highest BCUT2D eigenvalue weighted by Gasteiger charge is 2.09. The molecule has 2 aromatic heterocycles. The molecule has 0 N–H and O–H groups in total. The van der Waals surface area contributed by atoms with Crippen LogP contribution in [0.5, 0.6) is 0 Å². The Kier molecular flexibility index (Phi) is 5.79. The summed E-state index contributed by atoms with van der Waals surface area (Å²) in [4.78, 5) is 9.46. The Morgan fingerprint density at radius 3 is 1.97 bits per heavy atom. The van der Waals surface area contributed by atoms with Crippen molar-refractivity contribution in [2.45, 2.75) is 20.2 Å². The Labute approximate surface area is 190 Å². The number of hydrogen-bond donors (Lipinski definition) is 0. The molecule has 5 aromatic rings. The van der Waals surface area contributed by atoms with Crippen molar-refractivity contribution in [2.24, 2.45) is 0 Å². The number of halogens is 1. The molecule has 0 atom stereocenters. The van der Waals surface area contributed by atoms with Crippen molar-refractivity contribution in [1.82, 2.24) is 9.97 Å². The van der Waals surface area contributed by atoms with Gasteiger partial charge in [0.1, 0.15) is 0 Å². The van der Waals surface area contributed by atoms with Crippen molar-refractivity contribution in [1.29, 1.82) is 0 Å². The molecular weight excluding hydrogens is 456 g/mol. The van der Waals surface area contributed by atoms with E-state index in [1.807, 2.05) is 36.0 Å². The number of nitrogens with zero attached hydrogens (tertiary/aromatic N) is 2. The molecule has 0 aliphatic carbocycles. The number of aromatic nitrogens is 2. The zero-order valence-corrected chi connectivity index (χ0v) is 19.2. The van der Waals surface area contributed by atoms with Gasteiger partial charge in [0, 0.05) is 16.5 Å². The van der Waals surface area contributed by atoms with Crippen LogP contribution < -0.4 is 0 Å². The van der Waals surface area contributed by atoms with Gasteiger partial charge >= 0.3 is 0 Å². The van der Waals surface area contributed by atoms with E-state index in [1.165, 1.54) is 20.5 Å². The smallest absolute Gasteiger partial charge is 0.151 e. The van der Waals surface area contributed by atoms with Crippen LogP contribution in [0.4, 0.5) is 0 Å². The SMILES string of the molecule is Clc1ccc2sc(SCc3ccccc3CSc3nc4ccccc4s3)nc2c1. The fourth-order valence-electron chi connectivity index (χ4n) is 2.97. The van der Waals surface area contributed by atoms with E-state index in [0.29, 0.717) is 0 Å². The largest absolute Gasteiger partial charge is 0.230 e. The number of thioether (sulfide) groups is 2. The van der Waals surface area contributed by atoms with Gasteiger partial charge in [-0.05, 0) is 41.5 Å². The zero-order chi connectivity index (χ0) is 19.6. The molecule has 0 saturated carbocycles. The van der Waals surface area contributed by atoms with Gasteiger partial charge in [0.25, 0.3) is 0 Å². The lowest BCUT2D eigenvalue weighted by Crippen LogP contribution is -1.90. The lowest BCUT2D eigenvalue weighted by atomic mass is 10.1. The summed E-state index contributed by atoms with van der Waals surface area (Å²) in [5.41, 5.74) is 4.77. The van der Waals surface area contributed by atoms with E-state index in [2.05, 4.69) is 42.5 Å². The molecule has 29 heavy (non-hydrogen) atoms. The zero-order valence-electron chi connectivity index (χ0n) is 15.2. The molecule has 0 bridgehead atoms. The Hall–Kier alpha value is -1.57. The summed E-state index contributed by atoms with van der Waals surface area (Å²) in [5, 5.41) is 0.733. The molecule has 0 spiro atoms. The van der Waals surface area contributed by atoms with Crippen LogP contribution in [-0.4, -0.2) is 9.97 Å². The third-order valence-electron chi connectivity index (χ3n) is 4.42. The molecular formula is C22H15ClN2S4. The first-order valence-electron chi connectivity index (χ1n) is 8.99. The van der Waals surface area contributed by atoms with Crippen LogP contribution >= 0.6 is 57.8 Å². The second-order valence-corrected chi connectivity index (χ2v) is 11.3. The Morgan fingerprint density at radius 2 is 1.28 bits per heavy atom. The maximum Gasteiger partial charge on any atom is 0.151 e. The fourth-order valence-corrected chi connectivity index (χ4v) is 7.32. The number of fused-ring (bicyclic) bond motifs is 2. The number of para-hydroxylation sites is 1. The number of rotatable bonds is 6. The van der Waals surface area contributed by atoms with Gasteiger partial charge in [0.2, 0.25) is 0 Å². The average molecular weight is 471 g/mol. The quantitative estimate of drug-likeness (QED) is 0.234. The molecule has 0 amide bonds. The minimum atomic E-state index is 0.733. The van der Waals surface area contributed by atoms with E-state index >= 15 is 0 Å². The highest BCUT2D eigenvalue weighted by atomic mass is 35.5. The minimum Gasteiger partial charge on any atom is -0.230 e. The normalized spacial score (nSPS) is 11.5. The van der Waals surface area contributed by atoms with Gasteiger partial charge in [-0.2, -0.15) is 0 Å². The summed E-state index contributed by atoms with van der Waals surface area (Å²) in [5.74, 6) is 1.83. The first-order valence-corrected chi connectivity index (χ1v) is 13.0. The number of hydrogen-bond acceptors (Lipinski definition) is 6. The molecule has 0 aliphatic heterocycles. The van der Waals surface area contributed by atoms with Crippen LogP contribution in [0.2, 0.25) is 5.02 Å². The van der Waals surface area contributed by atoms with E-state index in [9.17, 15) is 0 Å². The predicted octanol–water partition coefficient (Wildman–Crippen LogP) is 8.14. The van der Waals surface area contributed by atoms with E-state index < -0.39 is 0 Å². The van der Waals surface area contributed by atoms with E-state index in [1.54, 1.807) is 34.4 Å². The fraction of sp³-hybridized carbons (Fsp3) is 0.0909. The van der Waals surface area contributed by atoms with Crippen LogP contribution in [0.1, 0.15) is 11.1 Å². The molecule has 2 nitrogen and oxygen atoms in total. The summed E-state index contributed by atoms with van der Waals surface area (Å²) in [6.07, 6.45) is 0. The Bertz CT molecular complexity index is 1260. The Balaban J connectivity index is 1.29. The monoisotopic (exact) mass is 470 g/mol. The van der Waals surface area contributed by atoms with Crippen LogP contribution in [0.25, 0.3) is 20.4 Å². The van der Waals surface area contributed by atoms with Crippen molar-refractivity contribution >= 4 is 78.2 Å². The molecule has 3 aromatic carbocycles. The van der Waals surface area contributed by atoms with Gasteiger partial charge < -0.3 is 0 Å². The molecule has 0 fully saturated rings. The summed E-state index contributed by atoms with van der Waals surface area (Å²) in [7, 11) is 0. The predicted molar refractivity (Wildman–Crippen MR) is 130 cm³/mol. The van der Waals surface area contributed by atoms with E-state index in [-0.39, 0.29) is 0 Å². The Morgan fingerprint density at radius 1 is 0.690 bits per heavy atom. The van der Waals surface area contributed by atoms with Crippen LogP contribution in [-0.2, 0) is 11.5 Å². The van der Waals surface area contributed by atoms with Gasteiger partial charge in [-0.25, -0.2) is 9.97 Å². The molecule has 0 saturated heterocycles.